The summed E-state index contributed by atoms with van der Waals surface area (Å²) < 4.78 is 41.3. The average Bonchev–Trinajstić information content (AvgIpc) is 2.61. The number of nitrogens with one attached hydrogen (secondary N) is 1. The number of hydrogen-bond acceptors (Lipinski definition) is 4. The van der Waals surface area contributed by atoms with Crippen molar-refractivity contribution in [3.8, 4) is 5.75 Å². The van der Waals surface area contributed by atoms with E-state index in [9.17, 15) is 17.6 Å². The van der Waals surface area contributed by atoms with E-state index in [1.165, 1.54) is 31.4 Å². The lowest BCUT2D eigenvalue weighted by molar-refractivity contribution is -0.122. The average molecular weight is 380 g/mol. The Balaban J connectivity index is 2.14. The zero-order chi connectivity index (χ0) is 19.3. The Labute approximate surface area is 152 Å². The number of primary sulfonamides is 1. The van der Waals surface area contributed by atoms with Gasteiger partial charge in [0.2, 0.25) is 15.9 Å². The quantitative estimate of drug-likeness (QED) is 0.770. The van der Waals surface area contributed by atoms with Crippen LogP contribution in [0.5, 0.6) is 5.75 Å². The molecule has 2 aromatic rings. The highest BCUT2D eigenvalue weighted by Crippen LogP contribution is 2.24. The molecule has 0 saturated heterocycles. The number of carbonyl (C=O) groups is 1. The lowest BCUT2D eigenvalue weighted by Gasteiger charge is -2.16. The van der Waals surface area contributed by atoms with Gasteiger partial charge in [0.25, 0.3) is 0 Å². The first-order valence-corrected chi connectivity index (χ1v) is 9.53. The molecule has 0 radical (unpaired) electrons. The monoisotopic (exact) mass is 380 g/mol. The predicted octanol–water partition coefficient (Wildman–Crippen LogP) is 2.29. The fourth-order valence-corrected chi connectivity index (χ4v) is 3.38. The van der Waals surface area contributed by atoms with Gasteiger partial charge in [-0.2, -0.15) is 0 Å². The van der Waals surface area contributed by atoms with E-state index in [0.717, 1.165) is 0 Å². The van der Waals surface area contributed by atoms with Crippen LogP contribution in [0.25, 0.3) is 0 Å². The maximum absolute atomic E-state index is 13.1. The normalized spacial score (nSPS) is 12.5. The molecule has 1 atom stereocenters. The number of amides is 1. The van der Waals surface area contributed by atoms with E-state index >= 15 is 0 Å². The third-order valence-corrected chi connectivity index (χ3v) is 4.93. The van der Waals surface area contributed by atoms with Gasteiger partial charge < -0.3 is 10.1 Å². The van der Waals surface area contributed by atoms with E-state index < -0.39 is 15.9 Å². The Bertz CT molecular complexity index is 883. The first-order valence-electron chi connectivity index (χ1n) is 7.99. The van der Waals surface area contributed by atoms with Gasteiger partial charge in [-0.15, -0.1) is 0 Å². The van der Waals surface area contributed by atoms with Crippen molar-refractivity contribution in [2.75, 3.05) is 7.11 Å². The minimum Gasteiger partial charge on any atom is -0.495 e. The van der Waals surface area contributed by atoms with Gasteiger partial charge in [0.1, 0.15) is 16.5 Å². The summed E-state index contributed by atoms with van der Waals surface area (Å²) in [6, 6.07) is 10.3. The molecular weight excluding hydrogens is 359 g/mol. The fraction of sp³-hybridized carbons (Fsp3) is 0.278. The van der Waals surface area contributed by atoms with Gasteiger partial charge in [-0.3, -0.25) is 4.79 Å². The van der Waals surface area contributed by atoms with Crippen molar-refractivity contribution >= 4 is 15.9 Å². The van der Waals surface area contributed by atoms with Gasteiger partial charge in [0.15, 0.2) is 0 Å². The summed E-state index contributed by atoms with van der Waals surface area (Å²) in [5.74, 6) is -0.878. The summed E-state index contributed by atoms with van der Waals surface area (Å²) in [5.41, 5.74) is 1.28. The Morgan fingerprint density at radius 2 is 1.88 bits per heavy atom. The second-order valence-corrected chi connectivity index (χ2v) is 7.29. The van der Waals surface area contributed by atoms with Gasteiger partial charge in [0.05, 0.1) is 13.0 Å². The second kappa shape index (κ2) is 8.29. The number of methoxy groups -OCH3 is 1. The second-order valence-electron chi connectivity index (χ2n) is 5.76. The fourth-order valence-electron chi connectivity index (χ4n) is 2.63. The van der Waals surface area contributed by atoms with Crippen LogP contribution in [0.4, 0.5) is 4.39 Å². The van der Waals surface area contributed by atoms with E-state index in [-0.39, 0.29) is 28.9 Å². The van der Waals surface area contributed by atoms with Crippen molar-refractivity contribution in [2.24, 2.45) is 5.14 Å². The first-order chi connectivity index (χ1) is 12.3. The summed E-state index contributed by atoms with van der Waals surface area (Å²) in [4.78, 5) is 12.3. The van der Waals surface area contributed by atoms with Crippen LogP contribution >= 0.6 is 0 Å². The lowest BCUT2D eigenvalue weighted by atomic mass is 9.95. The summed E-state index contributed by atoms with van der Waals surface area (Å²) in [5, 5.41) is 7.96. The van der Waals surface area contributed by atoms with Gasteiger partial charge in [0, 0.05) is 6.54 Å². The van der Waals surface area contributed by atoms with Gasteiger partial charge in [-0.25, -0.2) is 17.9 Å². The molecule has 2 aromatic carbocycles. The standard InChI is InChI=1S/C18H21FN2O4S/c1-3-15(13-5-7-14(19)8-6-13)18(22)21-11-12-4-9-16(25-2)17(10-12)26(20,23)24/h4-10,15H,3,11H2,1-2H3,(H,21,22)(H2,20,23,24). The highest BCUT2D eigenvalue weighted by Gasteiger charge is 2.19. The van der Waals surface area contributed by atoms with Crippen LogP contribution in [0.2, 0.25) is 0 Å². The van der Waals surface area contributed by atoms with Crippen LogP contribution in [0.15, 0.2) is 47.4 Å². The van der Waals surface area contributed by atoms with Crippen molar-refractivity contribution in [1.82, 2.24) is 5.32 Å². The molecule has 0 fully saturated rings. The lowest BCUT2D eigenvalue weighted by Crippen LogP contribution is -2.28. The largest absolute Gasteiger partial charge is 0.495 e. The number of hydrogen-bond donors (Lipinski definition) is 2. The van der Waals surface area contributed by atoms with Crippen molar-refractivity contribution in [1.29, 1.82) is 0 Å². The molecule has 0 aliphatic heterocycles. The van der Waals surface area contributed by atoms with Crippen LogP contribution in [0.1, 0.15) is 30.4 Å². The first kappa shape index (κ1) is 19.9. The minimum atomic E-state index is -3.95. The van der Waals surface area contributed by atoms with Crippen molar-refractivity contribution in [3.63, 3.8) is 0 Å². The van der Waals surface area contributed by atoms with Gasteiger partial charge in [-0.1, -0.05) is 25.1 Å². The predicted molar refractivity (Wildman–Crippen MR) is 95.6 cm³/mol. The molecule has 2 rings (SSSR count). The molecule has 0 aliphatic rings. The Morgan fingerprint density at radius 3 is 2.42 bits per heavy atom. The SMILES string of the molecule is CCC(C(=O)NCc1ccc(OC)c(S(N)(=O)=O)c1)c1ccc(F)cc1. The molecule has 3 N–H and O–H groups in total. The number of carbonyl (C=O) groups excluding carboxylic acids is 1. The number of benzene rings is 2. The van der Waals surface area contributed by atoms with Gasteiger partial charge >= 0.3 is 0 Å². The number of halogens is 1. The maximum atomic E-state index is 13.1. The highest BCUT2D eigenvalue weighted by molar-refractivity contribution is 7.89. The molecule has 1 unspecified atom stereocenters. The number of ether oxygens (including phenoxy) is 1. The molecule has 0 saturated carbocycles. The summed E-state index contributed by atoms with van der Waals surface area (Å²) >= 11 is 0. The maximum Gasteiger partial charge on any atom is 0.241 e. The zero-order valence-electron chi connectivity index (χ0n) is 14.5. The van der Waals surface area contributed by atoms with Crippen LogP contribution < -0.4 is 15.2 Å². The van der Waals surface area contributed by atoms with E-state index in [4.69, 9.17) is 9.88 Å². The molecule has 1 amide bonds. The molecule has 0 aliphatic carbocycles. The molecular formula is C18H21FN2O4S. The smallest absolute Gasteiger partial charge is 0.241 e. The van der Waals surface area contributed by atoms with Crippen molar-refractivity contribution < 1.29 is 22.3 Å². The summed E-state index contributed by atoms with van der Waals surface area (Å²) in [6.07, 6.45) is 0.544. The molecule has 140 valence electrons. The summed E-state index contributed by atoms with van der Waals surface area (Å²) in [6.45, 7) is 1.99. The van der Waals surface area contributed by atoms with Crippen LogP contribution in [-0.2, 0) is 21.4 Å². The van der Waals surface area contributed by atoms with E-state index in [1.807, 2.05) is 6.92 Å². The van der Waals surface area contributed by atoms with Crippen LogP contribution in [0, 0.1) is 5.82 Å². The molecule has 6 nitrogen and oxygen atoms in total. The number of nitrogens with two attached hydrogens (primary N) is 1. The molecule has 26 heavy (non-hydrogen) atoms. The topological polar surface area (TPSA) is 98.5 Å². The van der Waals surface area contributed by atoms with Crippen molar-refractivity contribution in [2.45, 2.75) is 30.7 Å². The van der Waals surface area contributed by atoms with E-state index in [0.29, 0.717) is 17.5 Å². The van der Waals surface area contributed by atoms with Crippen LogP contribution in [0.3, 0.4) is 0 Å². The highest BCUT2D eigenvalue weighted by atomic mass is 32.2. The third kappa shape index (κ3) is 4.80. The molecule has 0 bridgehead atoms. The third-order valence-electron chi connectivity index (χ3n) is 4.00. The van der Waals surface area contributed by atoms with E-state index in [1.54, 1.807) is 18.2 Å². The van der Waals surface area contributed by atoms with Crippen LogP contribution in [-0.4, -0.2) is 21.4 Å². The Morgan fingerprint density at radius 1 is 1.23 bits per heavy atom. The number of sulfonamides is 1. The Hall–Kier alpha value is -2.45. The number of rotatable bonds is 7. The minimum absolute atomic E-state index is 0.128. The zero-order valence-corrected chi connectivity index (χ0v) is 15.3. The molecule has 0 heterocycles. The molecule has 0 spiro atoms. The van der Waals surface area contributed by atoms with Crippen molar-refractivity contribution in [3.05, 3.63) is 59.4 Å². The Kier molecular flexibility index (Phi) is 6.33. The molecule has 8 heteroatoms. The van der Waals surface area contributed by atoms with Gasteiger partial charge in [-0.05, 0) is 41.8 Å². The van der Waals surface area contributed by atoms with E-state index in [2.05, 4.69) is 5.32 Å². The molecule has 0 aromatic heterocycles. The summed E-state index contributed by atoms with van der Waals surface area (Å²) in [7, 11) is -2.60.